The molecule has 4 atom stereocenters. The smallest absolute Gasteiger partial charge is 0.315 e. The Morgan fingerprint density at radius 2 is 1.97 bits per heavy atom. The third-order valence-electron chi connectivity index (χ3n) is 7.70. The first-order valence-electron chi connectivity index (χ1n) is 12.5. The molecule has 2 aromatic rings. The topological polar surface area (TPSA) is 70.2 Å². The van der Waals surface area contributed by atoms with Crippen LogP contribution in [0.2, 0.25) is 0 Å². The van der Waals surface area contributed by atoms with Crippen LogP contribution in [-0.4, -0.2) is 52.6 Å². The predicted molar refractivity (Wildman–Crippen MR) is 134 cm³/mol. The molecule has 2 bridgehead atoms. The van der Waals surface area contributed by atoms with E-state index in [-0.39, 0.29) is 6.03 Å². The first kappa shape index (κ1) is 22.8. The Kier molecular flexibility index (Phi) is 6.97. The standard InChI is InChI=1S/C26H34BrN5O/c1-17-29-24(21-9-5-6-10-23(21)27)14-25(30-17)22-16-32-12-11-18(22)13-20(32)15-28-26(33)31-19-7-3-2-4-8-19/h5-6,9-10,14,18-20,22H,2-4,7-8,11-13,15-16H2,1H3,(H2,28,31,33). The second kappa shape index (κ2) is 10.1. The third-order valence-corrected chi connectivity index (χ3v) is 8.40. The predicted octanol–water partition coefficient (Wildman–Crippen LogP) is 5.02. The lowest BCUT2D eigenvalue weighted by molar-refractivity contribution is 0.0304. The molecule has 1 aliphatic carbocycles. The van der Waals surface area contributed by atoms with Crippen molar-refractivity contribution in [3.63, 3.8) is 0 Å². The van der Waals surface area contributed by atoms with E-state index in [0.29, 0.717) is 23.9 Å². The Labute approximate surface area is 205 Å². The van der Waals surface area contributed by atoms with Crippen LogP contribution in [-0.2, 0) is 0 Å². The number of fused-ring (bicyclic) bond motifs is 3. The molecular weight excluding hydrogens is 478 g/mol. The lowest BCUT2D eigenvalue weighted by Gasteiger charge is -2.49. The molecule has 7 heteroatoms. The van der Waals surface area contributed by atoms with Crippen LogP contribution in [0.3, 0.4) is 0 Å². The Bertz CT molecular complexity index is 992. The van der Waals surface area contributed by atoms with Gasteiger partial charge in [0.05, 0.1) is 5.69 Å². The Morgan fingerprint density at radius 1 is 1.15 bits per heavy atom. The van der Waals surface area contributed by atoms with E-state index in [9.17, 15) is 4.79 Å². The van der Waals surface area contributed by atoms with Gasteiger partial charge in [0.2, 0.25) is 0 Å². The first-order valence-corrected chi connectivity index (χ1v) is 13.2. The highest BCUT2D eigenvalue weighted by Crippen LogP contribution is 2.42. The van der Waals surface area contributed by atoms with Gasteiger partial charge in [-0.25, -0.2) is 14.8 Å². The number of hydrogen-bond acceptors (Lipinski definition) is 4. The zero-order valence-electron chi connectivity index (χ0n) is 19.4. The van der Waals surface area contributed by atoms with Crippen molar-refractivity contribution >= 4 is 22.0 Å². The number of aromatic nitrogens is 2. The van der Waals surface area contributed by atoms with Crippen molar-refractivity contribution in [1.29, 1.82) is 0 Å². The number of amides is 2. The number of carbonyl (C=O) groups is 1. The lowest BCUT2D eigenvalue weighted by atomic mass is 9.74. The number of aryl methyl sites for hydroxylation is 1. The zero-order valence-corrected chi connectivity index (χ0v) is 21.0. The van der Waals surface area contributed by atoms with E-state index < -0.39 is 0 Å². The average molecular weight is 512 g/mol. The van der Waals surface area contributed by atoms with Crippen molar-refractivity contribution in [2.24, 2.45) is 5.92 Å². The SMILES string of the molecule is Cc1nc(-c2ccccc2Br)cc(C2CN3CCC2CC3CNC(=O)NC2CCCCC2)n1. The van der Waals surface area contributed by atoms with Crippen LogP contribution in [0.4, 0.5) is 4.79 Å². The van der Waals surface area contributed by atoms with Crippen LogP contribution in [0.5, 0.6) is 0 Å². The molecule has 6 nitrogen and oxygen atoms in total. The van der Waals surface area contributed by atoms with Gasteiger partial charge < -0.3 is 10.6 Å². The molecule has 2 N–H and O–H groups in total. The molecule has 1 saturated carbocycles. The van der Waals surface area contributed by atoms with Crippen molar-refractivity contribution in [3.8, 4) is 11.3 Å². The first-order chi connectivity index (χ1) is 16.1. The summed E-state index contributed by atoms with van der Waals surface area (Å²) >= 11 is 3.67. The number of urea groups is 1. The molecule has 4 fully saturated rings. The molecule has 1 aromatic heterocycles. The minimum Gasteiger partial charge on any atom is -0.337 e. The second-order valence-corrected chi connectivity index (χ2v) is 10.8. The number of piperidine rings is 3. The summed E-state index contributed by atoms with van der Waals surface area (Å²) in [5.74, 6) is 1.85. The molecule has 176 valence electrons. The molecule has 0 spiro atoms. The van der Waals surface area contributed by atoms with E-state index in [0.717, 1.165) is 66.1 Å². The van der Waals surface area contributed by atoms with E-state index in [1.54, 1.807) is 0 Å². The van der Waals surface area contributed by atoms with Crippen molar-refractivity contribution in [3.05, 3.63) is 46.3 Å². The van der Waals surface area contributed by atoms with E-state index in [2.05, 4.69) is 49.7 Å². The summed E-state index contributed by atoms with van der Waals surface area (Å²) in [4.78, 5) is 24.6. The Morgan fingerprint density at radius 3 is 2.73 bits per heavy atom. The molecule has 33 heavy (non-hydrogen) atoms. The van der Waals surface area contributed by atoms with Crippen molar-refractivity contribution < 1.29 is 4.79 Å². The summed E-state index contributed by atoms with van der Waals surface area (Å²) in [6.07, 6.45) is 8.31. The van der Waals surface area contributed by atoms with E-state index >= 15 is 0 Å². The summed E-state index contributed by atoms with van der Waals surface area (Å²) in [5, 5.41) is 6.34. The number of rotatable bonds is 5. The van der Waals surface area contributed by atoms with Gasteiger partial charge in [-0.1, -0.05) is 53.4 Å². The lowest BCUT2D eigenvalue weighted by Crippen LogP contribution is -2.57. The van der Waals surface area contributed by atoms with Gasteiger partial charge in [0.15, 0.2) is 0 Å². The van der Waals surface area contributed by atoms with Gasteiger partial charge in [-0.2, -0.15) is 0 Å². The molecule has 3 saturated heterocycles. The van der Waals surface area contributed by atoms with Gasteiger partial charge in [0, 0.05) is 46.8 Å². The van der Waals surface area contributed by atoms with Crippen LogP contribution in [0, 0.1) is 12.8 Å². The largest absolute Gasteiger partial charge is 0.337 e. The van der Waals surface area contributed by atoms with Crippen molar-refractivity contribution in [2.45, 2.75) is 69.9 Å². The maximum atomic E-state index is 12.4. The van der Waals surface area contributed by atoms with Gasteiger partial charge in [-0.05, 0) is 57.2 Å². The summed E-state index contributed by atoms with van der Waals surface area (Å²) in [6, 6.07) is 11.2. The van der Waals surface area contributed by atoms with Gasteiger partial charge >= 0.3 is 6.03 Å². The molecule has 1 aromatic carbocycles. The number of hydrogen-bond donors (Lipinski definition) is 2. The van der Waals surface area contributed by atoms with Crippen molar-refractivity contribution in [2.75, 3.05) is 19.6 Å². The molecule has 0 radical (unpaired) electrons. The number of benzene rings is 1. The highest BCUT2D eigenvalue weighted by Gasteiger charge is 2.41. The maximum absolute atomic E-state index is 12.4. The summed E-state index contributed by atoms with van der Waals surface area (Å²) in [6.45, 7) is 4.83. The van der Waals surface area contributed by atoms with Gasteiger partial charge in [-0.3, -0.25) is 4.90 Å². The molecular formula is C26H34BrN5O. The molecule has 4 heterocycles. The molecule has 6 rings (SSSR count). The fourth-order valence-electron chi connectivity index (χ4n) is 5.97. The molecule has 4 unspecified atom stereocenters. The Hall–Kier alpha value is -1.99. The second-order valence-electron chi connectivity index (χ2n) is 9.93. The number of carbonyl (C=O) groups excluding carboxylic acids is 1. The van der Waals surface area contributed by atoms with Gasteiger partial charge in [0.1, 0.15) is 5.82 Å². The maximum Gasteiger partial charge on any atom is 0.315 e. The fourth-order valence-corrected chi connectivity index (χ4v) is 6.45. The summed E-state index contributed by atoms with van der Waals surface area (Å²) in [5.41, 5.74) is 3.25. The summed E-state index contributed by atoms with van der Waals surface area (Å²) < 4.78 is 1.06. The molecule has 4 aliphatic rings. The summed E-state index contributed by atoms with van der Waals surface area (Å²) in [7, 11) is 0. The normalized spacial score (nSPS) is 27.3. The highest BCUT2D eigenvalue weighted by atomic mass is 79.9. The Balaban J connectivity index is 1.23. The number of halogens is 1. The monoisotopic (exact) mass is 511 g/mol. The quantitative estimate of drug-likeness (QED) is 0.590. The van der Waals surface area contributed by atoms with Crippen LogP contribution in [0.15, 0.2) is 34.8 Å². The van der Waals surface area contributed by atoms with E-state index in [4.69, 9.17) is 9.97 Å². The molecule has 2 amide bonds. The fraction of sp³-hybridized carbons (Fsp3) is 0.577. The zero-order chi connectivity index (χ0) is 22.8. The third kappa shape index (κ3) is 5.24. The van der Waals surface area contributed by atoms with Crippen LogP contribution >= 0.6 is 15.9 Å². The van der Waals surface area contributed by atoms with E-state index in [1.807, 2.05) is 19.1 Å². The van der Waals surface area contributed by atoms with E-state index in [1.165, 1.54) is 25.7 Å². The van der Waals surface area contributed by atoms with Gasteiger partial charge in [0.25, 0.3) is 0 Å². The minimum absolute atomic E-state index is 0.00519. The molecule has 3 aliphatic heterocycles. The van der Waals surface area contributed by atoms with Crippen LogP contribution < -0.4 is 10.6 Å². The van der Waals surface area contributed by atoms with Gasteiger partial charge in [-0.15, -0.1) is 0 Å². The highest BCUT2D eigenvalue weighted by molar-refractivity contribution is 9.10. The average Bonchev–Trinajstić information content (AvgIpc) is 2.83. The van der Waals surface area contributed by atoms with Crippen molar-refractivity contribution in [1.82, 2.24) is 25.5 Å². The number of nitrogens with zero attached hydrogens (tertiary/aromatic N) is 3. The van der Waals surface area contributed by atoms with Crippen LogP contribution in [0.1, 0.15) is 62.4 Å². The number of nitrogens with one attached hydrogen (secondary N) is 2. The minimum atomic E-state index is 0.00519. The van der Waals surface area contributed by atoms with Crippen LogP contribution in [0.25, 0.3) is 11.3 Å².